The van der Waals surface area contributed by atoms with E-state index in [-0.39, 0.29) is 0 Å². The highest BCUT2D eigenvalue weighted by Gasteiger charge is 2.16. The van der Waals surface area contributed by atoms with Crippen molar-refractivity contribution in [3.8, 4) is 0 Å². The third-order valence-corrected chi connectivity index (χ3v) is 2.99. The van der Waals surface area contributed by atoms with Crippen molar-refractivity contribution >= 4 is 5.97 Å². The van der Waals surface area contributed by atoms with E-state index >= 15 is 0 Å². The summed E-state index contributed by atoms with van der Waals surface area (Å²) in [5.41, 5.74) is 2.87. The molecule has 2 rings (SSSR count). The number of aromatic carboxylic acids is 1. The number of fused-ring (bicyclic) bond motifs is 1. The summed E-state index contributed by atoms with van der Waals surface area (Å²) in [7, 11) is 0. The molecule has 0 radical (unpaired) electrons. The largest absolute Gasteiger partial charge is 0.478 e. The molecule has 1 heterocycles. The van der Waals surface area contributed by atoms with Gasteiger partial charge in [0.2, 0.25) is 0 Å². The first-order valence-electron chi connectivity index (χ1n) is 5.28. The highest BCUT2D eigenvalue weighted by molar-refractivity contribution is 5.87. The monoisotopic (exact) mass is 205 g/mol. The molecule has 3 heteroatoms. The molecule has 0 atom stereocenters. The zero-order chi connectivity index (χ0) is 10.8. The van der Waals surface area contributed by atoms with Gasteiger partial charge in [0.25, 0.3) is 0 Å². The first-order valence-corrected chi connectivity index (χ1v) is 5.28. The van der Waals surface area contributed by atoms with Gasteiger partial charge in [-0.05, 0) is 36.2 Å². The Balaban J connectivity index is 2.28. The Labute approximate surface area is 89.3 Å². The maximum Gasteiger partial charge on any atom is 0.335 e. The number of carboxylic acids is 1. The minimum absolute atomic E-state index is 0.402. The van der Waals surface area contributed by atoms with Gasteiger partial charge in [-0.1, -0.05) is 13.0 Å². The van der Waals surface area contributed by atoms with Gasteiger partial charge in [0.15, 0.2) is 0 Å². The van der Waals surface area contributed by atoms with Crippen LogP contribution in [0.4, 0.5) is 0 Å². The lowest BCUT2D eigenvalue weighted by Gasteiger charge is -2.27. The summed E-state index contributed by atoms with van der Waals surface area (Å²) >= 11 is 0. The van der Waals surface area contributed by atoms with Crippen molar-refractivity contribution < 1.29 is 9.90 Å². The molecule has 80 valence electrons. The van der Waals surface area contributed by atoms with Gasteiger partial charge in [0.1, 0.15) is 0 Å². The van der Waals surface area contributed by atoms with Crippen LogP contribution in [0.5, 0.6) is 0 Å². The van der Waals surface area contributed by atoms with Gasteiger partial charge in [0.05, 0.1) is 5.56 Å². The van der Waals surface area contributed by atoms with E-state index in [2.05, 4.69) is 11.8 Å². The van der Waals surface area contributed by atoms with Crippen molar-refractivity contribution in [3.63, 3.8) is 0 Å². The zero-order valence-corrected chi connectivity index (χ0v) is 8.86. The summed E-state index contributed by atoms with van der Waals surface area (Å²) in [5, 5.41) is 8.87. The number of rotatable bonds is 2. The van der Waals surface area contributed by atoms with Crippen LogP contribution in [0.15, 0.2) is 18.2 Å². The van der Waals surface area contributed by atoms with E-state index in [9.17, 15) is 4.79 Å². The molecule has 0 aromatic heterocycles. The first-order chi connectivity index (χ1) is 7.20. The number of likely N-dealkylation sites (N-methyl/N-ethyl adjacent to an activating group) is 1. The fraction of sp³-hybridized carbons (Fsp3) is 0.417. The second kappa shape index (κ2) is 4.03. The lowest BCUT2D eigenvalue weighted by atomic mass is 9.97. The van der Waals surface area contributed by atoms with Crippen LogP contribution in [-0.2, 0) is 13.0 Å². The average molecular weight is 205 g/mol. The predicted molar refractivity (Wildman–Crippen MR) is 58.1 cm³/mol. The number of hydrogen-bond donors (Lipinski definition) is 1. The molecular weight excluding hydrogens is 190 g/mol. The van der Waals surface area contributed by atoms with Gasteiger partial charge in [0, 0.05) is 13.1 Å². The van der Waals surface area contributed by atoms with Crippen LogP contribution in [0.2, 0.25) is 0 Å². The van der Waals surface area contributed by atoms with E-state index in [1.807, 2.05) is 12.1 Å². The van der Waals surface area contributed by atoms with Crippen LogP contribution in [0, 0.1) is 0 Å². The van der Waals surface area contributed by atoms with Crippen LogP contribution in [0.1, 0.15) is 28.4 Å². The van der Waals surface area contributed by atoms with E-state index < -0.39 is 5.97 Å². The summed E-state index contributed by atoms with van der Waals surface area (Å²) in [5.74, 6) is -0.837. The topological polar surface area (TPSA) is 40.5 Å². The van der Waals surface area contributed by atoms with Crippen molar-refractivity contribution in [2.24, 2.45) is 0 Å². The Hall–Kier alpha value is -1.35. The van der Waals surface area contributed by atoms with Crippen LogP contribution in [0.25, 0.3) is 0 Å². The molecule has 1 aromatic rings. The SMILES string of the molecule is CCN1CCc2cc(C(=O)O)ccc2C1. The molecule has 1 N–H and O–H groups in total. The smallest absolute Gasteiger partial charge is 0.335 e. The minimum Gasteiger partial charge on any atom is -0.478 e. The summed E-state index contributed by atoms with van der Waals surface area (Å²) in [6, 6.07) is 5.45. The van der Waals surface area contributed by atoms with E-state index in [1.165, 1.54) is 11.1 Å². The number of carbonyl (C=O) groups is 1. The first kappa shape index (κ1) is 10.2. The Morgan fingerprint density at radius 1 is 1.47 bits per heavy atom. The van der Waals surface area contributed by atoms with E-state index in [1.54, 1.807) is 6.07 Å². The lowest BCUT2D eigenvalue weighted by Crippen LogP contribution is -2.30. The van der Waals surface area contributed by atoms with Crippen LogP contribution >= 0.6 is 0 Å². The molecule has 0 aliphatic carbocycles. The molecule has 0 amide bonds. The number of nitrogens with zero attached hydrogens (tertiary/aromatic N) is 1. The molecule has 0 fully saturated rings. The third kappa shape index (κ3) is 2.02. The molecule has 1 aliphatic rings. The van der Waals surface area contributed by atoms with Gasteiger partial charge in [-0.25, -0.2) is 4.79 Å². The molecule has 1 aliphatic heterocycles. The maximum absolute atomic E-state index is 10.8. The Bertz CT molecular complexity index is 387. The maximum atomic E-state index is 10.8. The van der Waals surface area contributed by atoms with Gasteiger partial charge >= 0.3 is 5.97 Å². The molecule has 0 bridgehead atoms. The third-order valence-electron chi connectivity index (χ3n) is 2.99. The van der Waals surface area contributed by atoms with Crippen LogP contribution < -0.4 is 0 Å². The zero-order valence-electron chi connectivity index (χ0n) is 8.86. The van der Waals surface area contributed by atoms with Gasteiger partial charge < -0.3 is 5.11 Å². The predicted octanol–water partition coefficient (Wildman–Crippen LogP) is 1.76. The molecule has 1 aromatic carbocycles. The Morgan fingerprint density at radius 3 is 2.93 bits per heavy atom. The fourth-order valence-corrected chi connectivity index (χ4v) is 2.01. The fourth-order valence-electron chi connectivity index (χ4n) is 2.01. The number of benzene rings is 1. The number of carboxylic acid groups (broad SMARTS) is 1. The van der Waals surface area contributed by atoms with Crippen molar-refractivity contribution in [2.75, 3.05) is 13.1 Å². The Morgan fingerprint density at radius 2 is 2.27 bits per heavy atom. The van der Waals surface area contributed by atoms with Crippen LogP contribution in [-0.4, -0.2) is 29.1 Å². The summed E-state index contributed by atoms with van der Waals surface area (Å²) < 4.78 is 0. The lowest BCUT2D eigenvalue weighted by molar-refractivity contribution is 0.0696. The van der Waals surface area contributed by atoms with Gasteiger partial charge in [-0.15, -0.1) is 0 Å². The number of hydrogen-bond acceptors (Lipinski definition) is 2. The Kier molecular flexibility index (Phi) is 2.73. The van der Waals surface area contributed by atoms with Gasteiger partial charge in [-0.3, -0.25) is 4.90 Å². The second-order valence-corrected chi connectivity index (χ2v) is 3.91. The van der Waals surface area contributed by atoms with Gasteiger partial charge in [-0.2, -0.15) is 0 Å². The van der Waals surface area contributed by atoms with Crippen LogP contribution in [0.3, 0.4) is 0 Å². The highest BCUT2D eigenvalue weighted by atomic mass is 16.4. The minimum atomic E-state index is -0.837. The summed E-state index contributed by atoms with van der Waals surface area (Å²) in [4.78, 5) is 13.2. The summed E-state index contributed by atoms with van der Waals surface area (Å²) in [6.45, 7) is 5.19. The van der Waals surface area contributed by atoms with E-state index in [0.717, 1.165) is 26.1 Å². The standard InChI is InChI=1S/C12H15NO2/c1-2-13-6-5-9-7-10(12(14)15)3-4-11(9)8-13/h3-4,7H,2,5-6,8H2,1H3,(H,14,15). The van der Waals surface area contributed by atoms with E-state index in [0.29, 0.717) is 5.56 Å². The second-order valence-electron chi connectivity index (χ2n) is 3.91. The molecule has 0 saturated carbocycles. The molecular formula is C12H15NO2. The molecule has 3 nitrogen and oxygen atoms in total. The molecule has 0 unspecified atom stereocenters. The highest BCUT2D eigenvalue weighted by Crippen LogP contribution is 2.20. The normalized spacial score (nSPS) is 16.1. The molecule has 15 heavy (non-hydrogen) atoms. The van der Waals surface area contributed by atoms with Crippen molar-refractivity contribution in [1.82, 2.24) is 4.90 Å². The quantitative estimate of drug-likeness (QED) is 0.799. The van der Waals surface area contributed by atoms with Crippen molar-refractivity contribution in [3.05, 3.63) is 34.9 Å². The van der Waals surface area contributed by atoms with E-state index in [4.69, 9.17) is 5.11 Å². The molecule has 0 spiro atoms. The molecule has 0 saturated heterocycles. The van der Waals surface area contributed by atoms with Crippen molar-refractivity contribution in [1.29, 1.82) is 0 Å². The summed E-state index contributed by atoms with van der Waals surface area (Å²) in [6.07, 6.45) is 0.963. The average Bonchev–Trinajstić information content (AvgIpc) is 2.27. The van der Waals surface area contributed by atoms with Crippen molar-refractivity contribution in [2.45, 2.75) is 19.9 Å².